The van der Waals surface area contributed by atoms with Gasteiger partial charge in [-0.3, -0.25) is 4.90 Å². The Kier molecular flexibility index (Phi) is 4.42. The number of fused-ring (bicyclic) bond motifs is 2. The fourth-order valence-electron chi connectivity index (χ4n) is 5.64. The Hall–Kier alpha value is -0.0800. The summed E-state index contributed by atoms with van der Waals surface area (Å²) in [5.74, 6) is 4.00. The fourth-order valence-corrected chi connectivity index (χ4v) is 5.64. The van der Waals surface area contributed by atoms with Crippen LogP contribution in [0.15, 0.2) is 0 Å². The van der Waals surface area contributed by atoms with Gasteiger partial charge in [-0.15, -0.1) is 0 Å². The van der Waals surface area contributed by atoms with Gasteiger partial charge in [-0.05, 0) is 62.8 Å². The summed E-state index contributed by atoms with van der Waals surface area (Å²) >= 11 is 0. The van der Waals surface area contributed by atoms with E-state index in [2.05, 4.69) is 18.9 Å². The van der Waals surface area contributed by atoms with Crippen LogP contribution in [-0.4, -0.2) is 30.6 Å². The summed E-state index contributed by atoms with van der Waals surface area (Å²) < 4.78 is 0. The number of nitrogens with zero attached hydrogens (tertiary/aromatic N) is 1. The van der Waals surface area contributed by atoms with Gasteiger partial charge in [-0.2, -0.15) is 0 Å². The third kappa shape index (κ3) is 2.66. The lowest BCUT2D eigenvalue weighted by molar-refractivity contribution is 0.0368. The minimum Gasteiger partial charge on any atom is -0.329 e. The SMILES string of the molecule is CCC1CCCC(CN)(N(C)CC2CC3CCC2C3)C1. The standard InChI is InChI=1S/C18H34N2/c1-3-14-5-4-8-18(11-14,13-19)20(2)12-17-10-15-6-7-16(17)9-15/h14-17H,3-13,19H2,1-2H3. The van der Waals surface area contributed by atoms with Gasteiger partial charge in [0.15, 0.2) is 0 Å². The first-order chi connectivity index (χ1) is 9.66. The Balaban J connectivity index is 1.63. The van der Waals surface area contributed by atoms with Crippen LogP contribution in [0.4, 0.5) is 0 Å². The van der Waals surface area contributed by atoms with E-state index in [1.807, 2.05) is 0 Å². The van der Waals surface area contributed by atoms with Gasteiger partial charge >= 0.3 is 0 Å². The van der Waals surface area contributed by atoms with Crippen molar-refractivity contribution in [1.82, 2.24) is 4.90 Å². The summed E-state index contributed by atoms with van der Waals surface area (Å²) in [4.78, 5) is 2.69. The maximum absolute atomic E-state index is 6.26. The molecule has 0 heterocycles. The maximum atomic E-state index is 6.26. The summed E-state index contributed by atoms with van der Waals surface area (Å²) in [6.45, 7) is 4.53. The molecule has 2 bridgehead atoms. The number of hydrogen-bond acceptors (Lipinski definition) is 2. The molecule has 0 aliphatic heterocycles. The molecule has 0 aromatic rings. The van der Waals surface area contributed by atoms with Crippen molar-refractivity contribution in [3.8, 4) is 0 Å². The lowest BCUT2D eigenvalue weighted by Crippen LogP contribution is -2.56. The lowest BCUT2D eigenvalue weighted by atomic mass is 9.73. The minimum atomic E-state index is 0.320. The Morgan fingerprint density at radius 3 is 2.65 bits per heavy atom. The number of rotatable bonds is 5. The molecule has 0 radical (unpaired) electrons. The highest BCUT2D eigenvalue weighted by molar-refractivity contribution is 4.98. The molecule has 0 amide bonds. The van der Waals surface area contributed by atoms with Crippen molar-refractivity contribution in [1.29, 1.82) is 0 Å². The monoisotopic (exact) mass is 278 g/mol. The molecular formula is C18H34N2. The first kappa shape index (κ1) is 14.8. The van der Waals surface area contributed by atoms with Crippen molar-refractivity contribution < 1.29 is 0 Å². The van der Waals surface area contributed by atoms with E-state index in [1.54, 1.807) is 0 Å². The molecule has 2 nitrogen and oxygen atoms in total. The van der Waals surface area contributed by atoms with Gasteiger partial charge in [-0.25, -0.2) is 0 Å². The summed E-state index contributed by atoms with van der Waals surface area (Å²) in [7, 11) is 2.37. The Morgan fingerprint density at radius 1 is 1.20 bits per heavy atom. The predicted molar refractivity (Wildman–Crippen MR) is 85.6 cm³/mol. The highest BCUT2D eigenvalue weighted by Gasteiger charge is 2.43. The quantitative estimate of drug-likeness (QED) is 0.831. The van der Waals surface area contributed by atoms with Crippen molar-refractivity contribution in [3.63, 3.8) is 0 Å². The first-order valence-electron chi connectivity index (χ1n) is 9.08. The van der Waals surface area contributed by atoms with Crippen LogP contribution < -0.4 is 5.73 Å². The van der Waals surface area contributed by atoms with Gasteiger partial charge in [0.05, 0.1) is 0 Å². The van der Waals surface area contributed by atoms with Crippen LogP contribution in [0.2, 0.25) is 0 Å². The van der Waals surface area contributed by atoms with Gasteiger partial charge in [-0.1, -0.05) is 32.6 Å². The second-order valence-corrected chi connectivity index (χ2v) is 8.11. The van der Waals surface area contributed by atoms with E-state index in [4.69, 9.17) is 5.73 Å². The molecular weight excluding hydrogens is 244 g/mol. The largest absolute Gasteiger partial charge is 0.329 e. The van der Waals surface area contributed by atoms with Crippen molar-refractivity contribution in [2.75, 3.05) is 20.1 Å². The molecule has 2 heteroatoms. The molecule has 3 fully saturated rings. The minimum absolute atomic E-state index is 0.320. The zero-order valence-corrected chi connectivity index (χ0v) is 13.6. The Labute approximate surface area is 125 Å². The van der Waals surface area contributed by atoms with Gasteiger partial charge < -0.3 is 5.73 Å². The van der Waals surface area contributed by atoms with Crippen molar-refractivity contribution >= 4 is 0 Å². The molecule has 0 aromatic carbocycles. The Bertz CT molecular complexity index is 329. The summed E-state index contributed by atoms with van der Waals surface area (Å²) in [5.41, 5.74) is 6.58. The van der Waals surface area contributed by atoms with Crippen molar-refractivity contribution in [3.05, 3.63) is 0 Å². The third-order valence-corrected chi connectivity index (χ3v) is 7.08. The van der Waals surface area contributed by atoms with E-state index in [0.717, 1.165) is 30.2 Å². The molecule has 3 rings (SSSR count). The molecule has 0 spiro atoms. The molecule has 5 atom stereocenters. The van der Waals surface area contributed by atoms with Gasteiger partial charge in [0, 0.05) is 18.6 Å². The highest BCUT2D eigenvalue weighted by atomic mass is 15.2. The van der Waals surface area contributed by atoms with Crippen LogP contribution in [0.1, 0.15) is 64.7 Å². The molecule has 0 aromatic heterocycles. The van der Waals surface area contributed by atoms with E-state index in [1.165, 1.54) is 64.3 Å². The normalized spacial score (nSPS) is 44.4. The molecule has 20 heavy (non-hydrogen) atoms. The molecule has 3 aliphatic carbocycles. The number of likely N-dealkylation sites (N-methyl/N-ethyl adjacent to an activating group) is 1. The van der Waals surface area contributed by atoms with E-state index < -0.39 is 0 Å². The summed E-state index contributed by atoms with van der Waals surface area (Å²) in [5, 5.41) is 0. The van der Waals surface area contributed by atoms with Crippen LogP contribution in [0.25, 0.3) is 0 Å². The number of nitrogens with two attached hydrogens (primary N) is 1. The zero-order valence-electron chi connectivity index (χ0n) is 13.6. The molecule has 3 saturated carbocycles. The first-order valence-corrected chi connectivity index (χ1v) is 9.08. The highest BCUT2D eigenvalue weighted by Crippen LogP contribution is 2.49. The van der Waals surface area contributed by atoms with Crippen LogP contribution in [0, 0.1) is 23.7 Å². The van der Waals surface area contributed by atoms with E-state index in [-0.39, 0.29) is 0 Å². The zero-order chi connectivity index (χ0) is 14.2. The van der Waals surface area contributed by atoms with E-state index in [0.29, 0.717) is 5.54 Å². The van der Waals surface area contributed by atoms with Gasteiger partial charge in [0.2, 0.25) is 0 Å². The maximum Gasteiger partial charge on any atom is 0.0331 e. The van der Waals surface area contributed by atoms with Gasteiger partial charge in [0.25, 0.3) is 0 Å². The smallest absolute Gasteiger partial charge is 0.0331 e. The van der Waals surface area contributed by atoms with Crippen LogP contribution >= 0.6 is 0 Å². The second kappa shape index (κ2) is 5.96. The summed E-state index contributed by atoms with van der Waals surface area (Å²) in [6, 6.07) is 0. The van der Waals surface area contributed by atoms with Gasteiger partial charge in [0.1, 0.15) is 0 Å². The molecule has 3 aliphatic rings. The molecule has 5 unspecified atom stereocenters. The lowest BCUT2D eigenvalue weighted by Gasteiger charge is -2.48. The molecule has 116 valence electrons. The van der Waals surface area contributed by atoms with E-state index >= 15 is 0 Å². The van der Waals surface area contributed by atoms with Crippen LogP contribution in [0.5, 0.6) is 0 Å². The average Bonchev–Trinajstić information content (AvgIpc) is 3.09. The molecule has 0 saturated heterocycles. The van der Waals surface area contributed by atoms with Crippen LogP contribution in [0.3, 0.4) is 0 Å². The third-order valence-electron chi connectivity index (χ3n) is 7.08. The second-order valence-electron chi connectivity index (χ2n) is 8.11. The Morgan fingerprint density at radius 2 is 2.05 bits per heavy atom. The predicted octanol–water partition coefficient (Wildman–Crippen LogP) is 3.65. The molecule has 2 N–H and O–H groups in total. The summed E-state index contributed by atoms with van der Waals surface area (Å²) in [6.07, 6.45) is 12.9. The fraction of sp³-hybridized carbons (Fsp3) is 1.00. The van der Waals surface area contributed by atoms with Crippen molar-refractivity contribution in [2.24, 2.45) is 29.4 Å². The average molecular weight is 278 g/mol. The number of hydrogen-bond donors (Lipinski definition) is 1. The topological polar surface area (TPSA) is 29.3 Å². The van der Waals surface area contributed by atoms with Crippen LogP contribution in [-0.2, 0) is 0 Å². The van der Waals surface area contributed by atoms with Crippen molar-refractivity contribution in [2.45, 2.75) is 70.3 Å². The van der Waals surface area contributed by atoms with E-state index in [9.17, 15) is 0 Å².